The fourth-order valence-electron chi connectivity index (χ4n) is 3.99. The van der Waals surface area contributed by atoms with Gasteiger partial charge in [-0.25, -0.2) is 4.79 Å². The van der Waals surface area contributed by atoms with Gasteiger partial charge < -0.3 is 15.3 Å². The van der Waals surface area contributed by atoms with Gasteiger partial charge in [-0.15, -0.1) is 0 Å². The minimum absolute atomic E-state index is 0.0127. The maximum atomic E-state index is 11.7. The summed E-state index contributed by atoms with van der Waals surface area (Å²) in [5, 5.41) is 13.2. The van der Waals surface area contributed by atoms with E-state index in [0.29, 0.717) is 6.54 Å². The lowest BCUT2D eigenvalue weighted by Gasteiger charge is -2.49. The number of nitrogens with one attached hydrogen (secondary N) is 1. The van der Waals surface area contributed by atoms with Gasteiger partial charge in [0.1, 0.15) is 0 Å². The summed E-state index contributed by atoms with van der Waals surface area (Å²) in [6.07, 6.45) is 8.19. The van der Waals surface area contributed by atoms with Gasteiger partial charge in [0, 0.05) is 23.7 Å². The maximum Gasteiger partial charge on any atom is 0.407 e. The molecule has 1 rings (SSSR count). The monoisotopic (exact) mass is 312 g/mol. The molecule has 4 nitrogen and oxygen atoms in total. The summed E-state index contributed by atoms with van der Waals surface area (Å²) >= 11 is 0. The first-order valence-electron chi connectivity index (χ1n) is 8.96. The van der Waals surface area contributed by atoms with Crippen LogP contribution in [0, 0.1) is 0 Å². The molecule has 1 saturated heterocycles. The Bertz CT molecular complexity index is 337. The molecule has 1 amide bonds. The van der Waals surface area contributed by atoms with Crippen LogP contribution in [0.1, 0.15) is 86.0 Å². The molecule has 0 radical (unpaired) electrons. The molecule has 22 heavy (non-hydrogen) atoms. The zero-order chi connectivity index (χ0) is 16.8. The number of unbranched alkanes of at least 4 members (excludes halogenated alkanes) is 5. The van der Waals surface area contributed by atoms with Gasteiger partial charge in [0.25, 0.3) is 0 Å². The minimum atomic E-state index is -0.757. The largest absolute Gasteiger partial charge is 0.465 e. The third-order valence-corrected chi connectivity index (χ3v) is 4.61. The zero-order valence-corrected chi connectivity index (χ0v) is 15.2. The van der Waals surface area contributed by atoms with Crippen molar-refractivity contribution in [2.45, 2.75) is 103 Å². The second-order valence-electron chi connectivity index (χ2n) is 8.20. The molecule has 0 atom stereocenters. The Morgan fingerprint density at radius 2 is 1.55 bits per heavy atom. The fourth-order valence-corrected chi connectivity index (χ4v) is 3.99. The van der Waals surface area contributed by atoms with Crippen LogP contribution in [0.2, 0.25) is 0 Å². The molecular formula is C18H36N2O2. The summed E-state index contributed by atoms with van der Waals surface area (Å²) in [6.45, 7) is 11.6. The van der Waals surface area contributed by atoms with Crippen molar-refractivity contribution in [1.82, 2.24) is 10.2 Å². The van der Waals surface area contributed by atoms with E-state index >= 15 is 0 Å². The summed E-state index contributed by atoms with van der Waals surface area (Å²) < 4.78 is 0. The van der Waals surface area contributed by atoms with Crippen LogP contribution in [-0.4, -0.2) is 39.8 Å². The highest BCUT2D eigenvalue weighted by molar-refractivity contribution is 5.65. The van der Waals surface area contributed by atoms with E-state index in [1.54, 1.807) is 4.90 Å². The van der Waals surface area contributed by atoms with E-state index in [4.69, 9.17) is 0 Å². The Morgan fingerprint density at radius 1 is 1.05 bits per heavy atom. The summed E-state index contributed by atoms with van der Waals surface area (Å²) in [7, 11) is 0. The van der Waals surface area contributed by atoms with E-state index in [1.807, 2.05) is 0 Å². The quantitative estimate of drug-likeness (QED) is 0.642. The molecule has 0 unspecified atom stereocenters. The molecular weight excluding hydrogens is 276 g/mol. The molecule has 0 bridgehead atoms. The topological polar surface area (TPSA) is 52.6 Å². The Labute approximate surface area is 136 Å². The minimum Gasteiger partial charge on any atom is -0.465 e. The van der Waals surface area contributed by atoms with Crippen molar-refractivity contribution in [2.75, 3.05) is 6.54 Å². The van der Waals surface area contributed by atoms with Gasteiger partial charge in [0.2, 0.25) is 0 Å². The maximum absolute atomic E-state index is 11.7. The van der Waals surface area contributed by atoms with Gasteiger partial charge in [0.15, 0.2) is 0 Å². The number of nitrogens with zero attached hydrogens (tertiary/aromatic N) is 1. The second kappa shape index (κ2) is 8.19. The molecule has 0 spiro atoms. The average Bonchev–Trinajstić information content (AvgIpc) is 2.33. The van der Waals surface area contributed by atoms with E-state index in [1.165, 1.54) is 25.7 Å². The van der Waals surface area contributed by atoms with Crippen LogP contribution in [0.15, 0.2) is 0 Å². The lowest BCUT2D eigenvalue weighted by molar-refractivity contribution is 0.0618. The van der Waals surface area contributed by atoms with Crippen molar-refractivity contribution in [3.8, 4) is 0 Å². The van der Waals surface area contributed by atoms with Gasteiger partial charge in [-0.05, 0) is 47.0 Å². The molecule has 1 aliphatic rings. The first kappa shape index (κ1) is 19.3. The normalized spacial score (nSPS) is 20.8. The predicted octanol–water partition coefficient (Wildman–Crippen LogP) is 4.64. The van der Waals surface area contributed by atoms with Gasteiger partial charge in [-0.3, -0.25) is 0 Å². The van der Waals surface area contributed by atoms with Crippen LogP contribution in [0.5, 0.6) is 0 Å². The van der Waals surface area contributed by atoms with Crippen LogP contribution in [0.25, 0.3) is 0 Å². The molecule has 0 aromatic rings. The molecule has 4 heteroatoms. The number of hydrogen-bond acceptors (Lipinski definition) is 2. The Morgan fingerprint density at radius 3 is 2.05 bits per heavy atom. The number of hydrogen-bond donors (Lipinski definition) is 2. The van der Waals surface area contributed by atoms with Gasteiger partial charge >= 0.3 is 6.09 Å². The molecule has 2 N–H and O–H groups in total. The van der Waals surface area contributed by atoms with E-state index in [2.05, 4.69) is 39.9 Å². The van der Waals surface area contributed by atoms with Gasteiger partial charge in [0.05, 0.1) is 0 Å². The molecule has 0 aliphatic carbocycles. The highest BCUT2D eigenvalue weighted by Crippen LogP contribution is 2.31. The standard InChI is InChI=1S/C18H36N2O2/c1-6-7-8-9-10-11-12-20(16(21)22)15-13-17(2,3)19-18(4,5)14-15/h15,19H,6-14H2,1-5H3,(H,21,22). The fraction of sp³-hybridized carbons (Fsp3) is 0.944. The van der Waals surface area contributed by atoms with Crippen molar-refractivity contribution in [1.29, 1.82) is 0 Å². The van der Waals surface area contributed by atoms with E-state index in [-0.39, 0.29) is 17.1 Å². The molecule has 0 aromatic heterocycles. The molecule has 0 aromatic carbocycles. The molecule has 1 fully saturated rings. The van der Waals surface area contributed by atoms with Crippen LogP contribution in [-0.2, 0) is 0 Å². The van der Waals surface area contributed by atoms with Crippen molar-refractivity contribution >= 4 is 6.09 Å². The van der Waals surface area contributed by atoms with E-state index < -0.39 is 6.09 Å². The summed E-state index contributed by atoms with van der Waals surface area (Å²) in [5.74, 6) is 0. The van der Waals surface area contributed by atoms with Gasteiger partial charge in [-0.2, -0.15) is 0 Å². The van der Waals surface area contributed by atoms with Crippen LogP contribution >= 0.6 is 0 Å². The smallest absolute Gasteiger partial charge is 0.407 e. The number of carbonyl (C=O) groups is 1. The van der Waals surface area contributed by atoms with Crippen LogP contribution in [0.3, 0.4) is 0 Å². The molecule has 130 valence electrons. The second-order valence-corrected chi connectivity index (χ2v) is 8.20. The Hall–Kier alpha value is -0.770. The highest BCUT2D eigenvalue weighted by atomic mass is 16.4. The number of carboxylic acid groups (broad SMARTS) is 1. The average molecular weight is 312 g/mol. The van der Waals surface area contributed by atoms with Crippen molar-refractivity contribution in [3.63, 3.8) is 0 Å². The number of amides is 1. The summed E-state index contributed by atoms with van der Waals surface area (Å²) in [6, 6.07) is 0.124. The van der Waals surface area contributed by atoms with Crippen LogP contribution in [0.4, 0.5) is 4.79 Å². The third kappa shape index (κ3) is 6.55. The van der Waals surface area contributed by atoms with E-state index in [0.717, 1.165) is 25.7 Å². The number of piperidine rings is 1. The third-order valence-electron chi connectivity index (χ3n) is 4.61. The van der Waals surface area contributed by atoms with Crippen molar-refractivity contribution < 1.29 is 9.90 Å². The highest BCUT2D eigenvalue weighted by Gasteiger charge is 2.41. The first-order chi connectivity index (χ1) is 10.2. The number of rotatable bonds is 8. The van der Waals surface area contributed by atoms with E-state index in [9.17, 15) is 9.90 Å². The zero-order valence-electron chi connectivity index (χ0n) is 15.2. The van der Waals surface area contributed by atoms with Gasteiger partial charge in [-0.1, -0.05) is 39.0 Å². The molecule has 1 aliphatic heterocycles. The molecule has 0 saturated carbocycles. The molecule has 1 heterocycles. The predicted molar refractivity (Wildman–Crippen MR) is 92.4 cm³/mol. The SMILES string of the molecule is CCCCCCCCN(C(=O)O)C1CC(C)(C)NC(C)(C)C1. The van der Waals surface area contributed by atoms with Crippen LogP contribution < -0.4 is 5.32 Å². The lowest BCUT2D eigenvalue weighted by Crippen LogP contribution is -2.62. The summed E-state index contributed by atoms with van der Waals surface area (Å²) in [4.78, 5) is 13.4. The Balaban J connectivity index is 2.53. The van der Waals surface area contributed by atoms with Crippen molar-refractivity contribution in [3.05, 3.63) is 0 Å². The first-order valence-corrected chi connectivity index (χ1v) is 8.96. The Kier molecular flexibility index (Phi) is 7.17. The summed E-state index contributed by atoms with van der Waals surface area (Å²) in [5.41, 5.74) is -0.0253. The lowest BCUT2D eigenvalue weighted by atomic mass is 9.79. The van der Waals surface area contributed by atoms with Crippen molar-refractivity contribution in [2.24, 2.45) is 0 Å².